The molecule has 2 aromatic heterocycles. The molecule has 1 aromatic carbocycles. The summed E-state index contributed by atoms with van der Waals surface area (Å²) in [7, 11) is 0. The minimum Gasteiger partial charge on any atom is -0.451 e. The van der Waals surface area contributed by atoms with E-state index < -0.39 is 0 Å². The Morgan fingerprint density at radius 2 is 2.27 bits per heavy atom. The summed E-state index contributed by atoms with van der Waals surface area (Å²) in [6.45, 7) is 5.84. The number of amides is 1. The first-order valence-corrected chi connectivity index (χ1v) is 10.8. The lowest BCUT2D eigenvalue weighted by Gasteiger charge is -2.30. The van der Waals surface area contributed by atoms with Crippen molar-refractivity contribution in [2.24, 2.45) is 5.92 Å². The highest BCUT2D eigenvalue weighted by Crippen LogP contribution is 2.34. The number of hydrogen-bond donors (Lipinski definition) is 0. The van der Waals surface area contributed by atoms with Gasteiger partial charge in [0, 0.05) is 40.9 Å². The minimum atomic E-state index is 0.0265. The number of thioether (sulfide) groups is 1. The van der Waals surface area contributed by atoms with Crippen molar-refractivity contribution in [3.05, 3.63) is 46.7 Å². The Hall–Kier alpha value is -1.79. The van der Waals surface area contributed by atoms with E-state index >= 15 is 0 Å². The highest BCUT2D eigenvalue weighted by Gasteiger charge is 2.28. The molecule has 0 bridgehead atoms. The molecule has 3 aromatic rings. The number of carbonyl (C=O) groups is 1. The molecule has 1 aliphatic rings. The first-order valence-electron chi connectivity index (χ1n) is 8.96. The van der Waals surface area contributed by atoms with Gasteiger partial charge >= 0.3 is 0 Å². The molecule has 136 valence electrons. The van der Waals surface area contributed by atoms with Crippen molar-refractivity contribution in [2.75, 3.05) is 13.1 Å². The van der Waals surface area contributed by atoms with Crippen LogP contribution in [0, 0.1) is 12.8 Å². The zero-order chi connectivity index (χ0) is 18.1. The Kier molecular flexibility index (Phi) is 5.05. The van der Waals surface area contributed by atoms with Crippen LogP contribution in [0.1, 0.15) is 41.6 Å². The summed E-state index contributed by atoms with van der Waals surface area (Å²) in [4.78, 5) is 19.6. The number of nitrogens with zero attached hydrogens (tertiary/aromatic N) is 2. The van der Waals surface area contributed by atoms with Gasteiger partial charge in [-0.05, 0) is 31.7 Å². The third-order valence-electron chi connectivity index (χ3n) is 4.77. The van der Waals surface area contributed by atoms with Crippen molar-refractivity contribution in [3.63, 3.8) is 0 Å². The number of aromatic nitrogens is 1. The number of carbonyl (C=O) groups excluding carboxylic acids is 1. The number of aryl methyl sites for hydroxylation is 1. The van der Waals surface area contributed by atoms with Gasteiger partial charge in [-0.3, -0.25) is 4.79 Å². The van der Waals surface area contributed by atoms with E-state index in [0.29, 0.717) is 17.4 Å². The van der Waals surface area contributed by atoms with Crippen LogP contribution < -0.4 is 0 Å². The van der Waals surface area contributed by atoms with Crippen LogP contribution in [0.25, 0.3) is 11.0 Å². The summed E-state index contributed by atoms with van der Waals surface area (Å²) in [5.74, 6) is 1.77. The number of likely N-dealkylation sites (tertiary alicyclic amines) is 1. The van der Waals surface area contributed by atoms with Crippen molar-refractivity contribution in [1.82, 2.24) is 9.88 Å². The van der Waals surface area contributed by atoms with Gasteiger partial charge in [-0.25, -0.2) is 4.98 Å². The van der Waals surface area contributed by atoms with Crippen molar-refractivity contribution < 1.29 is 9.21 Å². The van der Waals surface area contributed by atoms with E-state index in [1.807, 2.05) is 36.1 Å². The van der Waals surface area contributed by atoms with Crippen molar-refractivity contribution in [3.8, 4) is 0 Å². The van der Waals surface area contributed by atoms with Crippen LogP contribution in [0.15, 0.2) is 38.4 Å². The predicted molar refractivity (Wildman–Crippen MR) is 107 cm³/mol. The van der Waals surface area contributed by atoms with Gasteiger partial charge in [0.15, 0.2) is 5.76 Å². The molecule has 1 aliphatic heterocycles. The standard InChI is InChI=1S/C20H22N2O2S2/c1-13-6-5-9-22(10-13)19(23)18-16(12-26-20-21-14(2)11-25-20)15-7-3-4-8-17(15)24-18/h3-4,7-8,11,13H,5-6,9-10,12H2,1-2H3. The highest BCUT2D eigenvalue weighted by molar-refractivity contribution is 8.00. The van der Waals surface area contributed by atoms with Gasteiger partial charge in [-0.1, -0.05) is 36.9 Å². The first-order chi connectivity index (χ1) is 12.6. The normalized spacial score (nSPS) is 17.8. The topological polar surface area (TPSA) is 46.3 Å². The maximum Gasteiger partial charge on any atom is 0.289 e. The van der Waals surface area contributed by atoms with E-state index in [0.717, 1.165) is 46.1 Å². The number of piperidine rings is 1. The summed E-state index contributed by atoms with van der Waals surface area (Å²) in [6.07, 6.45) is 2.26. The Morgan fingerprint density at radius 1 is 1.42 bits per heavy atom. The molecular weight excluding hydrogens is 364 g/mol. The number of para-hydroxylation sites is 1. The quantitative estimate of drug-likeness (QED) is 0.566. The van der Waals surface area contributed by atoms with E-state index in [-0.39, 0.29) is 5.91 Å². The molecule has 0 radical (unpaired) electrons. The first kappa shape index (κ1) is 17.6. The van der Waals surface area contributed by atoms with Crippen molar-refractivity contribution in [2.45, 2.75) is 36.8 Å². The molecule has 1 fully saturated rings. The lowest BCUT2D eigenvalue weighted by molar-refractivity contribution is 0.0652. The van der Waals surface area contributed by atoms with Crippen LogP contribution in [0.5, 0.6) is 0 Å². The molecule has 1 atom stereocenters. The lowest BCUT2D eigenvalue weighted by atomic mass is 10.00. The second-order valence-corrected chi connectivity index (χ2v) is 9.03. The van der Waals surface area contributed by atoms with E-state index in [1.165, 1.54) is 6.42 Å². The Morgan fingerprint density at radius 3 is 3.04 bits per heavy atom. The number of fused-ring (bicyclic) bond motifs is 1. The second-order valence-electron chi connectivity index (χ2n) is 6.95. The fourth-order valence-electron chi connectivity index (χ4n) is 3.46. The van der Waals surface area contributed by atoms with Crippen molar-refractivity contribution in [1.29, 1.82) is 0 Å². The van der Waals surface area contributed by atoms with Crippen LogP contribution in [0.3, 0.4) is 0 Å². The molecule has 1 amide bonds. The van der Waals surface area contributed by atoms with E-state index in [4.69, 9.17) is 4.42 Å². The number of hydrogen-bond acceptors (Lipinski definition) is 5. The number of benzene rings is 1. The molecule has 1 unspecified atom stereocenters. The molecule has 4 nitrogen and oxygen atoms in total. The molecule has 0 N–H and O–H groups in total. The fraction of sp³-hybridized carbons (Fsp3) is 0.400. The molecule has 0 saturated carbocycles. The molecule has 0 spiro atoms. The maximum absolute atomic E-state index is 13.2. The van der Waals surface area contributed by atoms with Gasteiger partial charge in [-0.15, -0.1) is 11.3 Å². The second kappa shape index (κ2) is 7.45. The smallest absolute Gasteiger partial charge is 0.289 e. The van der Waals surface area contributed by atoms with Crippen LogP contribution in [-0.4, -0.2) is 28.9 Å². The van der Waals surface area contributed by atoms with Gasteiger partial charge in [-0.2, -0.15) is 0 Å². The summed E-state index contributed by atoms with van der Waals surface area (Å²) >= 11 is 3.31. The fourth-order valence-corrected chi connectivity index (χ4v) is 5.34. The number of rotatable bonds is 4. The van der Waals surface area contributed by atoms with Gasteiger partial charge in [0.2, 0.25) is 0 Å². The minimum absolute atomic E-state index is 0.0265. The van der Waals surface area contributed by atoms with Crippen LogP contribution >= 0.6 is 23.1 Å². The van der Waals surface area contributed by atoms with E-state index in [2.05, 4.69) is 17.3 Å². The number of furan rings is 1. The van der Waals surface area contributed by atoms with Crippen LogP contribution in [0.4, 0.5) is 0 Å². The summed E-state index contributed by atoms with van der Waals surface area (Å²) in [5.41, 5.74) is 2.81. The molecule has 4 rings (SSSR count). The van der Waals surface area contributed by atoms with Gasteiger partial charge in [0.05, 0.1) is 0 Å². The average molecular weight is 387 g/mol. The van der Waals surface area contributed by atoms with E-state index in [9.17, 15) is 4.79 Å². The Balaban J connectivity index is 1.65. The van der Waals surface area contributed by atoms with Gasteiger partial charge in [0.25, 0.3) is 5.91 Å². The maximum atomic E-state index is 13.2. The zero-order valence-corrected chi connectivity index (χ0v) is 16.7. The monoisotopic (exact) mass is 386 g/mol. The summed E-state index contributed by atoms with van der Waals surface area (Å²) < 4.78 is 7.05. The molecule has 26 heavy (non-hydrogen) atoms. The van der Waals surface area contributed by atoms with E-state index in [1.54, 1.807) is 23.1 Å². The van der Waals surface area contributed by atoms with Crippen LogP contribution in [0.2, 0.25) is 0 Å². The SMILES string of the molecule is Cc1csc(SCc2c(C(=O)N3CCCC(C)C3)oc3ccccc23)n1. The predicted octanol–water partition coefficient (Wildman–Crippen LogP) is 5.36. The Labute approximate surface area is 161 Å². The zero-order valence-electron chi connectivity index (χ0n) is 15.0. The van der Waals surface area contributed by atoms with Crippen molar-refractivity contribution >= 4 is 40.0 Å². The summed E-state index contributed by atoms with van der Waals surface area (Å²) in [6, 6.07) is 7.92. The highest BCUT2D eigenvalue weighted by atomic mass is 32.2. The Bertz CT molecular complexity index is 931. The average Bonchev–Trinajstić information content (AvgIpc) is 3.22. The molecule has 3 heterocycles. The lowest BCUT2D eigenvalue weighted by Crippen LogP contribution is -2.39. The van der Waals surface area contributed by atoms with Gasteiger partial charge in [0.1, 0.15) is 9.92 Å². The third-order valence-corrected chi connectivity index (χ3v) is 6.94. The molecule has 6 heteroatoms. The van der Waals surface area contributed by atoms with Crippen LogP contribution in [-0.2, 0) is 5.75 Å². The molecule has 0 aliphatic carbocycles. The van der Waals surface area contributed by atoms with Gasteiger partial charge < -0.3 is 9.32 Å². The molecular formula is C20H22N2O2S2. The largest absolute Gasteiger partial charge is 0.451 e. The summed E-state index contributed by atoms with van der Waals surface area (Å²) in [5, 5.41) is 3.08. The third kappa shape index (κ3) is 3.53. The molecule has 1 saturated heterocycles. The number of thiazole rings is 1.